The molecule has 2 N–H and O–H groups in total. The average Bonchev–Trinajstić information content (AvgIpc) is 3.84. The van der Waals surface area contributed by atoms with E-state index < -0.39 is 27.5 Å². The zero-order valence-corrected chi connectivity index (χ0v) is 28.9. The molecule has 0 spiro atoms. The second-order valence-corrected chi connectivity index (χ2v) is 15.8. The van der Waals surface area contributed by atoms with Gasteiger partial charge in [0.15, 0.2) is 9.92 Å². The summed E-state index contributed by atoms with van der Waals surface area (Å²) in [6.45, 7) is 5.14. The van der Waals surface area contributed by atoms with Gasteiger partial charge in [0, 0.05) is 31.3 Å². The van der Waals surface area contributed by atoms with Crippen LogP contribution in [-0.2, 0) is 37.2 Å². The number of nitrogens with one attached hydrogen (secondary N) is 2. The fourth-order valence-electron chi connectivity index (χ4n) is 6.46. The molecule has 4 atom stereocenters. The van der Waals surface area contributed by atoms with Gasteiger partial charge >= 0.3 is 6.03 Å². The third-order valence-corrected chi connectivity index (χ3v) is 11.6. The van der Waals surface area contributed by atoms with Gasteiger partial charge in [-0.05, 0) is 112 Å². The Balaban J connectivity index is 1.46. The SMILES string of the molecule is CO[C@H]1/C=C/COC(C)(C)C(=O)N=[S@@](=O)(NC(=O)NC2CC2)c2ccc3c(c2)N(CCCCc2cc(Cl)ccc2CO3)C[C@@H]2CC[C@H]21. The molecule has 12 heteroatoms. The molecular weight excluding hydrogens is 640 g/mol. The topological polar surface area (TPSA) is 119 Å². The first kappa shape index (κ1) is 33.8. The number of amides is 3. The summed E-state index contributed by atoms with van der Waals surface area (Å²) in [7, 11) is -2.05. The highest BCUT2D eigenvalue weighted by atomic mass is 35.5. The van der Waals surface area contributed by atoms with E-state index in [1.165, 1.54) is 5.56 Å². The smallest absolute Gasteiger partial charge is 0.327 e. The molecule has 3 amide bonds. The molecule has 0 unspecified atom stereocenters. The average molecular weight is 685 g/mol. The number of carbonyl (C=O) groups is 2. The lowest BCUT2D eigenvalue weighted by molar-refractivity contribution is -0.137. The molecule has 6 rings (SSSR count). The van der Waals surface area contributed by atoms with E-state index >= 15 is 0 Å². The maximum atomic E-state index is 14.8. The second kappa shape index (κ2) is 14.2. The molecule has 0 aromatic heterocycles. The van der Waals surface area contributed by atoms with Crippen molar-refractivity contribution < 1.29 is 28.0 Å². The zero-order chi connectivity index (χ0) is 33.2. The summed E-state index contributed by atoms with van der Waals surface area (Å²) < 4.78 is 39.9. The number of nitrogens with zero attached hydrogens (tertiary/aromatic N) is 2. The number of hydrogen-bond donors (Lipinski definition) is 2. The maximum Gasteiger partial charge on any atom is 0.327 e. The van der Waals surface area contributed by atoms with Crippen LogP contribution in [0.15, 0.2) is 57.8 Å². The van der Waals surface area contributed by atoms with Crippen molar-refractivity contribution in [2.45, 2.75) is 88.0 Å². The van der Waals surface area contributed by atoms with Crippen molar-refractivity contribution in [1.82, 2.24) is 10.0 Å². The van der Waals surface area contributed by atoms with E-state index in [-0.39, 0.29) is 23.6 Å². The molecule has 4 aliphatic rings. The molecule has 254 valence electrons. The van der Waals surface area contributed by atoms with Crippen molar-refractivity contribution in [1.29, 1.82) is 0 Å². The van der Waals surface area contributed by atoms with Gasteiger partial charge < -0.3 is 24.4 Å². The van der Waals surface area contributed by atoms with Crippen molar-refractivity contribution in [2.24, 2.45) is 16.2 Å². The van der Waals surface area contributed by atoms with Gasteiger partial charge in [-0.25, -0.2) is 13.7 Å². The molecule has 2 bridgehead atoms. The van der Waals surface area contributed by atoms with Crippen LogP contribution in [0.2, 0.25) is 5.02 Å². The predicted molar refractivity (Wildman–Crippen MR) is 182 cm³/mol. The Hall–Kier alpha value is -3.12. The minimum Gasteiger partial charge on any atom is -0.487 e. The lowest BCUT2D eigenvalue weighted by Crippen LogP contribution is -2.44. The Morgan fingerprint density at radius 1 is 1.11 bits per heavy atom. The highest BCUT2D eigenvalue weighted by Gasteiger charge is 2.38. The first-order valence-electron chi connectivity index (χ1n) is 16.6. The van der Waals surface area contributed by atoms with Crippen LogP contribution in [0.5, 0.6) is 5.75 Å². The van der Waals surface area contributed by atoms with E-state index in [9.17, 15) is 13.8 Å². The molecule has 0 saturated heterocycles. The Morgan fingerprint density at radius 3 is 2.68 bits per heavy atom. The van der Waals surface area contributed by atoms with Gasteiger partial charge in [0.1, 0.15) is 18.0 Å². The van der Waals surface area contributed by atoms with Gasteiger partial charge in [0.2, 0.25) is 0 Å². The molecule has 0 radical (unpaired) electrons. The van der Waals surface area contributed by atoms with E-state index in [4.69, 9.17) is 25.8 Å². The number of hydrogen-bond acceptors (Lipinski definition) is 7. The Labute approximate surface area is 282 Å². The van der Waals surface area contributed by atoms with E-state index in [0.717, 1.165) is 69.3 Å². The number of ether oxygens (including phenoxy) is 3. The highest BCUT2D eigenvalue weighted by Crippen LogP contribution is 2.42. The third-order valence-electron chi connectivity index (χ3n) is 9.63. The molecule has 2 saturated carbocycles. The van der Waals surface area contributed by atoms with Crippen LogP contribution < -0.4 is 19.7 Å². The lowest BCUT2D eigenvalue weighted by atomic mass is 9.70. The molecular formula is C35H45ClN4O6S. The normalized spacial score (nSPS) is 28.6. The molecule has 10 nitrogen and oxygen atoms in total. The number of rotatable bonds is 3. The third kappa shape index (κ3) is 7.96. The van der Waals surface area contributed by atoms with Gasteiger partial charge in [0.25, 0.3) is 5.91 Å². The van der Waals surface area contributed by atoms with E-state index in [1.54, 1.807) is 39.2 Å². The lowest BCUT2D eigenvalue weighted by Gasteiger charge is -2.43. The van der Waals surface area contributed by atoms with Crippen LogP contribution in [0, 0.1) is 11.8 Å². The fourth-order valence-corrected chi connectivity index (χ4v) is 8.21. The number of aryl methyl sites for hydroxylation is 1. The van der Waals surface area contributed by atoms with Gasteiger partial charge in [-0.15, -0.1) is 4.36 Å². The summed E-state index contributed by atoms with van der Waals surface area (Å²) in [4.78, 5) is 29.2. The molecule has 2 fully saturated rings. The molecule has 2 heterocycles. The van der Waals surface area contributed by atoms with Crippen LogP contribution in [-0.4, -0.2) is 60.7 Å². The number of anilines is 1. The van der Waals surface area contributed by atoms with Gasteiger partial charge in [0.05, 0.1) is 23.3 Å². The number of benzene rings is 2. The van der Waals surface area contributed by atoms with E-state index in [0.29, 0.717) is 29.2 Å². The van der Waals surface area contributed by atoms with Crippen molar-refractivity contribution in [2.75, 3.05) is 31.7 Å². The van der Waals surface area contributed by atoms with Crippen molar-refractivity contribution in [3.8, 4) is 5.75 Å². The first-order valence-corrected chi connectivity index (χ1v) is 18.5. The number of halogens is 1. The highest BCUT2D eigenvalue weighted by molar-refractivity contribution is 7.92. The van der Waals surface area contributed by atoms with Crippen LogP contribution in [0.3, 0.4) is 0 Å². The number of urea groups is 1. The molecule has 2 aliphatic heterocycles. The van der Waals surface area contributed by atoms with Crippen molar-refractivity contribution in [3.05, 3.63) is 64.7 Å². The largest absolute Gasteiger partial charge is 0.487 e. The monoisotopic (exact) mass is 684 g/mol. The standard InChI is InChI=1S/C35H45ClN4O6S/c1-35(2)33(41)38-47(43,39-34(42)37-27-12-13-27)28-14-16-32-30(20-28)40(21-24-10-15-29(24)31(44-3)8-6-18-46-35)17-5-4-7-23-19-26(36)11-9-25(23)22-45-32/h6,8-9,11,14,16,19-20,24,27,29,31H,4-5,7,10,12-13,15,17-18,21-22H2,1-3H3,(H2,37,38,39,41,42,43)/b8-6+/t24-,29+,31-,47+/m0/s1. The van der Waals surface area contributed by atoms with Gasteiger partial charge in [-0.2, -0.15) is 0 Å². The quantitative estimate of drug-likeness (QED) is 0.370. The van der Waals surface area contributed by atoms with Crippen molar-refractivity contribution >= 4 is 39.1 Å². The summed E-state index contributed by atoms with van der Waals surface area (Å²) in [6.07, 6.45) is 10.3. The molecule has 2 aromatic rings. The van der Waals surface area contributed by atoms with Crippen LogP contribution in [0.4, 0.5) is 10.5 Å². The number of methoxy groups -OCH3 is 1. The molecule has 2 aromatic carbocycles. The summed E-state index contributed by atoms with van der Waals surface area (Å²) in [6, 6.07) is 10.5. The second-order valence-electron chi connectivity index (χ2n) is 13.5. The predicted octanol–water partition coefficient (Wildman–Crippen LogP) is 6.20. The van der Waals surface area contributed by atoms with Gasteiger partial charge in [-0.1, -0.05) is 29.8 Å². The fraction of sp³-hybridized carbons (Fsp3) is 0.543. The van der Waals surface area contributed by atoms with Crippen LogP contribution >= 0.6 is 11.6 Å². The Kier molecular flexibility index (Phi) is 10.2. The minimum atomic E-state index is -3.78. The Bertz CT molecular complexity index is 1650. The summed E-state index contributed by atoms with van der Waals surface area (Å²) >= 11 is 6.36. The first-order chi connectivity index (χ1) is 22.5. The Morgan fingerprint density at radius 2 is 1.94 bits per heavy atom. The number of carbonyl (C=O) groups excluding carboxylic acids is 2. The number of fused-ring (bicyclic) bond motifs is 3. The van der Waals surface area contributed by atoms with Crippen molar-refractivity contribution in [3.63, 3.8) is 0 Å². The van der Waals surface area contributed by atoms with Gasteiger partial charge in [-0.3, -0.25) is 4.79 Å². The zero-order valence-electron chi connectivity index (χ0n) is 27.3. The van der Waals surface area contributed by atoms with Crippen LogP contribution in [0.1, 0.15) is 63.5 Å². The molecule has 47 heavy (non-hydrogen) atoms. The van der Waals surface area contributed by atoms with E-state index in [1.807, 2.05) is 30.4 Å². The summed E-state index contributed by atoms with van der Waals surface area (Å²) in [5.41, 5.74) is 1.58. The molecule has 2 aliphatic carbocycles. The van der Waals surface area contributed by atoms with Crippen LogP contribution in [0.25, 0.3) is 0 Å². The summed E-state index contributed by atoms with van der Waals surface area (Å²) in [5, 5.41) is 3.52. The summed E-state index contributed by atoms with van der Waals surface area (Å²) in [5.74, 6) is 0.543. The minimum absolute atomic E-state index is 0.0203. The maximum absolute atomic E-state index is 14.8. The van der Waals surface area contributed by atoms with E-state index in [2.05, 4.69) is 19.3 Å².